The third-order valence-electron chi connectivity index (χ3n) is 5.03. The summed E-state index contributed by atoms with van der Waals surface area (Å²) < 4.78 is 28.7. The Morgan fingerprint density at radius 2 is 1.93 bits per heavy atom. The van der Waals surface area contributed by atoms with Crippen molar-refractivity contribution >= 4 is 10.0 Å². The lowest BCUT2D eigenvalue weighted by atomic mass is 10.0. The van der Waals surface area contributed by atoms with Crippen LogP contribution in [0.4, 0.5) is 0 Å². The number of aromatic nitrogens is 3. The summed E-state index contributed by atoms with van der Waals surface area (Å²) in [7, 11) is -3.30. The van der Waals surface area contributed by atoms with Gasteiger partial charge >= 0.3 is 0 Å². The molecule has 1 aliphatic rings. The molecule has 1 aliphatic heterocycles. The number of allylic oxidation sites excluding steroid dienone is 2. The first kappa shape index (κ1) is 22.0. The van der Waals surface area contributed by atoms with Crippen molar-refractivity contribution in [3.8, 4) is 0 Å². The third kappa shape index (κ3) is 6.69. The van der Waals surface area contributed by atoms with Crippen molar-refractivity contribution in [1.82, 2.24) is 24.4 Å². The van der Waals surface area contributed by atoms with Gasteiger partial charge in [0.2, 0.25) is 10.0 Å². The Hall–Kier alpha value is -1.25. The zero-order valence-corrected chi connectivity index (χ0v) is 18.2. The van der Waals surface area contributed by atoms with Gasteiger partial charge in [-0.1, -0.05) is 18.6 Å². The molecule has 8 heteroatoms. The molecule has 0 aromatic carbocycles. The Morgan fingerprint density at radius 1 is 1.19 bits per heavy atom. The maximum atomic E-state index is 12.0. The maximum Gasteiger partial charge on any atom is 0.214 e. The Labute approximate surface area is 164 Å². The molecule has 1 atom stereocenters. The summed E-state index contributed by atoms with van der Waals surface area (Å²) in [5, 5.41) is 8.04. The molecule has 0 amide bonds. The van der Waals surface area contributed by atoms with Gasteiger partial charge in [-0.25, -0.2) is 13.1 Å². The predicted octanol–water partition coefficient (Wildman–Crippen LogP) is 2.35. The molecule has 0 spiro atoms. The molecule has 1 unspecified atom stereocenters. The highest BCUT2D eigenvalue weighted by Crippen LogP contribution is 2.14. The number of nitrogens with one attached hydrogen (secondary N) is 1. The van der Waals surface area contributed by atoms with Crippen molar-refractivity contribution in [2.45, 2.75) is 72.2 Å². The van der Waals surface area contributed by atoms with Gasteiger partial charge in [0.05, 0.1) is 11.8 Å². The van der Waals surface area contributed by atoms with Gasteiger partial charge in [-0.3, -0.25) is 0 Å². The Kier molecular flexibility index (Phi) is 8.00. The second-order valence-corrected chi connectivity index (χ2v) is 10.4. The van der Waals surface area contributed by atoms with E-state index in [4.69, 9.17) is 0 Å². The summed E-state index contributed by atoms with van der Waals surface area (Å²) in [6.07, 6.45) is 5.51. The molecular weight excluding hydrogens is 362 g/mol. The van der Waals surface area contributed by atoms with E-state index in [1.54, 1.807) is 13.8 Å². The van der Waals surface area contributed by atoms with Crippen LogP contribution in [-0.4, -0.2) is 53.0 Å². The van der Waals surface area contributed by atoms with Crippen LogP contribution in [0.2, 0.25) is 0 Å². The molecule has 1 aromatic rings. The Balaban J connectivity index is 1.89. The van der Waals surface area contributed by atoms with Crippen LogP contribution in [0.15, 0.2) is 11.6 Å². The highest BCUT2D eigenvalue weighted by molar-refractivity contribution is 7.90. The first-order valence-corrected chi connectivity index (χ1v) is 11.5. The van der Waals surface area contributed by atoms with Crippen molar-refractivity contribution in [3.63, 3.8) is 0 Å². The molecule has 2 rings (SSSR count). The highest BCUT2D eigenvalue weighted by Gasteiger charge is 2.21. The number of sulfonamides is 1. The molecule has 7 nitrogen and oxygen atoms in total. The van der Waals surface area contributed by atoms with Crippen LogP contribution in [0.25, 0.3) is 0 Å². The third-order valence-corrected chi connectivity index (χ3v) is 6.82. The average Bonchev–Trinajstić information content (AvgIpc) is 2.86. The van der Waals surface area contributed by atoms with Crippen LogP contribution in [0, 0.1) is 5.92 Å². The number of nitrogens with zero attached hydrogens (tertiary/aromatic N) is 4. The lowest BCUT2D eigenvalue weighted by molar-refractivity contribution is 0.236. The van der Waals surface area contributed by atoms with E-state index in [9.17, 15) is 8.42 Å². The highest BCUT2D eigenvalue weighted by atomic mass is 32.2. The van der Waals surface area contributed by atoms with Gasteiger partial charge in [0.15, 0.2) is 0 Å². The van der Waals surface area contributed by atoms with E-state index in [-0.39, 0.29) is 6.54 Å². The normalized spacial score (nSPS) is 16.8. The molecule has 2 heterocycles. The molecule has 154 valence electrons. The van der Waals surface area contributed by atoms with Gasteiger partial charge in [0, 0.05) is 32.6 Å². The maximum absolute atomic E-state index is 12.0. The van der Waals surface area contributed by atoms with Gasteiger partial charge in [-0.05, 0) is 46.5 Å². The zero-order valence-electron chi connectivity index (χ0n) is 17.4. The lowest BCUT2D eigenvalue weighted by Gasteiger charge is -2.23. The second kappa shape index (κ2) is 9.80. The van der Waals surface area contributed by atoms with Crippen LogP contribution in [0.1, 0.15) is 59.1 Å². The minimum atomic E-state index is -3.30. The topological polar surface area (TPSA) is 80.1 Å². The van der Waals surface area contributed by atoms with Crippen molar-refractivity contribution in [2.75, 3.05) is 19.6 Å². The Morgan fingerprint density at radius 3 is 2.59 bits per heavy atom. The molecule has 1 N–H and O–H groups in total. The van der Waals surface area contributed by atoms with E-state index in [0.717, 1.165) is 44.8 Å². The fourth-order valence-corrected chi connectivity index (χ4v) is 3.92. The monoisotopic (exact) mass is 397 g/mol. The minimum Gasteiger partial charge on any atom is -0.313 e. The summed E-state index contributed by atoms with van der Waals surface area (Å²) in [6, 6.07) is 0. The molecule has 0 saturated carbocycles. The molecule has 27 heavy (non-hydrogen) atoms. The van der Waals surface area contributed by atoms with Crippen molar-refractivity contribution in [2.24, 2.45) is 5.92 Å². The molecule has 0 saturated heterocycles. The molecule has 0 fully saturated rings. The predicted molar refractivity (Wildman–Crippen MR) is 109 cm³/mol. The smallest absolute Gasteiger partial charge is 0.214 e. The number of fused-ring (bicyclic) bond motifs is 1. The van der Waals surface area contributed by atoms with Crippen molar-refractivity contribution < 1.29 is 8.42 Å². The van der Waals surface area contributed by atoms with Gasteiger partial charge in [-0.2, -0.15) is 0 Å². The number of rotatable bonds is 9. The van der Waals surface area contributed by atoms with Crippen LogP contribution >= 0.6 is 0 Å². The largest absolute Gasteiger partial charge is 0.313 e. The van der Waals surface area contributed by atoms with Gasteiger partial charge in [0.1, 0.15) is 11.6 Å². The summed E-state index contributed by atoms with van der Waals surface area (Å²) in [5.41, 5.74) is 1.38. The fourth-order valence-electron chi connectivity index (χ4n) is 3.26. The van der Waals surface area contributed by atoms with Crippen LogP contribution in [0.3, 0.4) is 0 Å². The summed E-state index contributed by atoms with van der Waals surface area (Å²) in [6.45, 7) is 14.0. The van der Waals surface area contributed by atoms with Crippen LogP contribution < -0.4 is 4.72 Å². The summed E-state index contributed by atoms with van der Waals surface area (Å²) in [5.74, 6) is 2.31. The van der Waals surface area contributed by atoms with Crippen LogP contribution in [0.5, 0.6) is 0 Å². The molecule has 1 aromatic heterocycles. The van der Waals surface area contributed by atoms with E-state index in [1.165, 1.54) is 12.0 Å². The number of hydrogen-bond donors (Lipinski definition) is 1. The standard InChI is InChI=1S/C19H35N5O2S/c1-15(2)7-6-8-17(5)14-23-10-9-18-21-22-19(24(18)12-11-23)13-20-27(25,26)16(3)4/h7,16-17,20H,6,8-14H2,1-5H3. The van der Waals surface area contributed by atoms with E-state index < -0.39 is 15.3 Å². The van der Waals surface area contributed by atoms with E-state index in [2.05, 4.69) is 51.2 Å². The first-order chi connectivity index (χ1) is 12.7. The second-order valence-electron chi connectivity index (χ2n) is 8.11. The quantitative estimate of drug-likeness (QED) is 0.647. The average molecular weight is 398 g/mol. The summed E-state index contributed by atoms with van der Waals surface area (Å²) >= 11 is 0. The van der Waals surface area contributed by atoms with E-state index in [1.807, 2.05) is 0 Å². The number of hydrogen-bond acceptors (Lipinski definition) is 5. The van der Waals surface area contributed by atoms with Crippen molar-refractivity contribution in [3.05, 3.63) is 23.3 Å². The van der Waals surface area contributed by atoms with Gasteiger partial charge < -0.3 is 9.47 Å². The fraction of sp³-hybridized carbons (Fsp3) is 0.789. The lowest BCUT2D eigenvalue weighted by Crippen LogP contribution is -2.32. The molecule has 0 radical (unpaired) electrons. The first-order valence-electron chi connectivity index (χ1n) is 9.94. The minimum absolute atomic E-state index is 0.201. The molecule has 0 aliphatic carbocycles. The van der Waals surface area contributed by atoms with Gasteiger partial charge in [0.25, 0.3) is 0 Å². The van der Waals surface area contributed by atoms with Gasteiger partial charge in [-0.15, -0.1) is 10.2 Å². The SMILES string of the molecule is CC(C)=CCCC(C)CN1CCc2nnc(CNS(=O)(=O)C(C)C)n2CC1. The molecular formula is C19H35N5O2S. The van der Waals surface area contributed by atoms with E-state index in [0.29, 0.717) is 11.7 Å². The Bertz CT molecular complexity index is 735. The van der Waals surface area contributed by atoms with E-state index >= 15 is 0 Å². The van der Waals surface area contributed by atoms with Crippen LogP contribution in [-0.2, 0) is 29.5 Å². The van der Waals surface area contributed by atoms with Crippen molar-refractivity contribution in [1.29, 1.82) is 0 Å². The zero-order chi connectivity index (χ0) is 20.0. The molecule has 0 bridgehead atoms. The summed E-state index contributed by atoms with van der Waals surface area (Å²) in [4.78, 5) is 2.49.